The summed E-state index contributed by atoms with van der Waals surface area (Å²) in [5.41, 5.74) is 0. The first kappa shape index (κ1) is 45.4. The van der Waals surface area contributed by atoms with Crippen molar-refractivity contribution >= 4 is 22.1 Å². The Morgan fingerprint density at radius 3 is 1.78 bits per heavy atom. The maximum absolute atomic E-state index is 12.7. The Morgan fingerprint density at radius 1 is 0.673 bits per heavy atom. The van der Waals surface area contributed by atoms with Gasteiger partial charge in [0.25, 0.3) is 10.1 Å². The van der Waals surface area contributed by atoms with Crippen molar-refractivity contribution in [1.82, 2.24) is 0 Å². The van der Waals surface area contributed by atoms with Crippen molar-refractivity contribution < 1.29 is 56.8 Å². The zero-order valence-electron chi connectivity index (χ0n) is 30.1. The van der Waals surface area contributed by atoms with E-state index in [-0.39, 0.29) is 19.4 Å². The van der Waals surface area contributed by atoms with Crippen molar-refractivity contribution in [3.05, 3.63) is 12.2 Å². The Kier molecular flexibility index (Phi) is 26.0. The smallest absolute Gasteiger partial charge is 0.306 e. The zero-order chi connectivity index (χ0) is 36.3. The Balaban J connectivity index is 2.55. The molecule has 0 aromatic heterocycles. The average Bonchev–Trinajstić information content (AvgIpc) is 3.05. The lowest BCUT2D eigenvalue weighted by atomic mass is 10.00. The fourth-order valence-electron chi connectivity index (χ4n) is 5.62. The molecule has 0 radical (unpaired) electrons. The largest absolute Gasteiger partial charge is 0.462 e. The summed E-state index contributed by atoms with van der Waals surface area (Å²) in [7, 11) is -4.59. The van der Waals surface area contributed by atoms with E-state index in [1.807, 2.05) is 0 Å². The Labute approximate surface area is 295 Å². The SMILES string of the molecule is CCC/C=C\CCCCCCCC(=O)OC(COC(=O)CCCCCCCCCCCCC)COC1OC(CS(=O)(=O)O)C(O)C(O)C1O. The van der Waals surface area contributed by atoms with Crippen LogP contribution in [0.4, 0.5) is 0 Å². The van der Waals surface area contributed by atoms with Crippen molar-refractivity contribution in [2.45, 2.75) is 185 Å². The minimum atomic E-state index is -4.59. The third-order valence-corrected chi connectivity index (χ3v) is 9.33. The molecule has 0 aliphatic carbocycles. The van der Waals surface area contributed by atoms with E-state index >= 15 is 0 Å². The lowest BCUT2D eigenvalue weighted by Crippen LogP contribution is -2.60. The van der Waals surface area contributed by atoms with E-state index < -0.39 is 71.2 Å². The Morgan fingerprint density at radius 2 is 1.20 bits per heavy atom. The van der Waals surface area contributed by atoms with Crippen molar-refractivity contribution in [2.75, 3.05) is 19.0 Å². The molecule has 0 bridgehead atoms. The summed E-state index contributed by atoms with van der Waals surface area (Å²) in [5, 5.41) is 30.7. The van der Waals surface area contributed by atoms with Crippen LogP contribution in [0.15, 0.2) is 12.2 Å². The molecule has 49 heavy (non-hydrogen) atoms. The molecule has 288 valence electrons. The second-order valence-corrected chi connectivity index (χ2v) is 14.7. The summed E-state index contributed by atoms with van der Waals surface area (Å²) in [6, 6.07) is 0. The molecule has 1 rings (SSSR count). The molecule has 0 spiro atoms. The highest BCUT2D eigenvalue weighted by molar-refractivity contribution is 7.85. The monoisotopic (exact) mass is 722 g/mol. The molecule has 1 saturated heterocycles. The van der Waals surface area contributed by atoms with Crippen molar-refractivity contribution in [1.29, 1.82) is 0 Å². The number of ether oxygens (including phenoxy) is 4. The minimum absolute atomic E-state index is 0.156. The molecule has 6 unspecified atom stereocenters. The first-order chi connectivity index (χ1) is 23.5. The lowest BCUT2D eigenvalue weighted by Gasteiger charge is -2.40. The summed E-state index contributed by atoms with van der Waals surface area (Å²) in [6.07, 6.45) is 15.7. The van der Waals surface area contributed by atoms with Crippen LogP contribution >= 0.6 is 0 Å². The van der Waals surface area contributed by atoms with Gasteiger partial charge in [-0.2, -0.15) is 8.42 Å². The molecular weight excluding hydrogens is 656 g/mol. The fourth-order valence-corrected chi connectivity index (χ4v) is 6.31. The number of allylic oxidation sites excluding steroid dienone is 2. The van der Waals surface area contributed by atoms with Crippen LogP contribution in [-0.2, 0) is 38.7 Å². The quantitative estimate of drug-likeness (QED) is 0.0296. The van der Waals surface area contributed by atoms with Crippen LogP contribution in [0, 0.1) is 0 Å². The number of carbonyl (C=O) groups excluding carboxylic acids is 2. The van der Waals surface area contributed by atoms with Crippen molar-refractivity contribution in [3.63, 3.8) is 0 Å². The third kappa shape index (κ3) is 23.5. The second kappa shape index (κ2) is 28.0. The van der Waals surface area contributed by atoms with Crippen molar-refractivity contribution in [3.8, 4) is 0 Å². The van der Waals surface area contributed by atoms with Gasteiger partial charge in [0.05, 0.1) is 6.61 Å². The number of hydrogen-bond donors (Lipinski definition) is 4. The molecule has 0 amide bonds. The van der Waals surface area contributed by atoms with Crippen molar-refractivity contribution in [2.24, 2.45) is 0 Å². The predicted molar refractivity (Wildman–Crippen MR) is 187 cm³/mol. The molecule has 1 aliphatic heterocycles. The Bertz CT molecular complexity index is 989. The fraction of sp³-hybridized carbons (Fsp3) is 0.889. The van der Waals surface area contributed by atoms with Crippen LogP contribution in [-0.4, -0.2) is 96.0 Å². The molecule has 0 saturated carbocycles. The van der Waals surface area contributed by atoms with E-state index in [1.54, 1.807) is 0 Å². The molecule has 0 aromatic carbocycles. The van der Waals surface area contributed by atoms with Gasteiger partial charge < -0.3 is 34.3 Å². The second-order valence-electron chi connectivity index (χ2n) is 13.2. The average molecular weight is 723 g/mol. The van der Waals surface area contributed by atoms with E-state index in [0.29, 0.717) is 12.8 Å². The summed E-state index contributed by atoms with van der Waals surface area (Å²) in [5.74, 6) is -1.99. The van der Waals surface area contributed by atoms with Crippen LogP contribution in [0.2, 0.25) is 0 Å². The number of rotatable bonds is 30. The number of hydrogen-bond acceptors (Lipinski definition) is 11. The number of aliphatic hydroxyl groups is 3. The molecule has 1 heterocycles. The van der Waals surface area contributed by atoms with E-state index in [9.17, 15) is 37.9 Å². The van der Waals surface area contributed by atoms with Crippen LogP contribution in [0.5, 0.6) is 0 Å². The van der Waals surface area contributed by atoms with E-state index in [1.165, 1.54) is 44.9 Å². The summed E-state index contributed by atoms with van der Waals surface area (Å²) >= 11 is 0. The first-order valence-electron chi connectivity index (χ1n) is 18.7. The van der Waals surface area contributed by atoms with E-state index in [2.05, 4.69) is 26.0 Å². The molecule has 1 fully saturated rings. The van der Waals surface area contributed by atoms with Gasteiger partial charge in [-0.05, 0) is 32.1 Å². The number of unbranched alkanes of at least 4 members (excludes halogenated alkanes) is 16. The number of esters is 2. The molecule has 1 aliphatic rings. The van der Waals surface area contributed by atoms with Crippen LogP contribution in [0.3, 0.4) is 0 Å². The van der Waals surface area contributed by atoms with E-state index in [4.69, 9.17) is 18.9 Å². The zero-order valence-corrected chi connectivity index (χ0v) is 30.9. The molecule has 0 aromatic rings. The Hall–Kier alpha value is -1.61. The van der Waals surface area contributed by atoms with Crippen LogP contribution in [0.25, 0.3) is 0 Å². The molecule has 12 nitrogen and oxygen atoms in total. The van der Waals surface area contributed by atoms with Gasteiger partial charge >= 0.3 is 11.9 Å². The number of carbonyl (C=O) groups is 2. The summed E-state index contributed by atoms with van der Waals surface area (Å²) in [4.78, 5) is 25.1. The van der Waals surface area contributed by atoms with Gasteiger partial charge in [0.15, 0.2) is 12.4 Å². The van der Waals surface area contributed by atoms with Crippen LogP contribution < -0.4 is 0 Å². The highest BCUT2D eigenvalue weighted by Crippen LogP contribution is 2.24. The highest BCUT2D eigenvalue weighted by Gasteiger charge is 2.46. The maximum atomic E-state index is 12.7. The van der Waals surface area contributed by atoms with E-state index in [0.717, 1.165) is 64.2 Å². The van der Waals surface area contributed by atoms with Gasteiger partial charge in [-0.1, -0.05) is 116 Å². The van der Waals surface area contributed by atoms with Gasteiger partial charge in [-0.15, -0.1) is 0 Å². The van der Waals surface area contributed by atoms with Gasteiger partial charge in [-0.25, -0.2) is 0 Å². The summed E-state index contributed by atoms with van der Waals surface area (Å²) < 4.78 is 53.7. The molecule has 13 heteroatoms. The highest BCUT2D eigenvalue weighted by atomic mass is 32.2. The minimum Gasteiger partial charge on any atom is -0.462 e. The molecule has 4 N–H and O–H groups in total. The topological polar surface area (TPSA) is 186 Å². The van der Waals surface area contributed by atoms with Gasteiger partial charge in [-0.3, -0.25) is 14.1 Å². The standard InChI is InChI=1S/C36H66O12S/c1-3-5-7-9-11-13-15-17-18-20-22-24-31(37)45-26-29(47-32(38)25-23-21-19-16-14-12-10-8-6-4-2)27-46-36-35(41)34(40)33(39)30(48-36)28-49(42,43)44/h8,10,29-30,33-36,39-41H,3-7,9,11-28H2,1-2H3,(H,42,43,44)/b10-8-. The summed E-state index contributed by atoms with van der Waals surface area (Å²) in [6.45, 7) is 3.64. The first-order valence-corrected chi connectivity index (χ1v) is 20.4. The van der Waals surface area contributed by atoms with Gasteiger partial charge in [0.1, 0.15) is 36.8 Å². The molecular formula is C36H66O12S. The maximum Gasteiger partial charge on any atom is 0.306 e. The van der Waals surface area contributed by atoms with Crippen LogP contribution in [0.1, 0.15) is 149 Å². The normalized spacial score (nSPS) is 22.0. The van der Waals surface area contributed by atoms with Gasteiger partial charge in [0, 0.05) is 12.8 Å². The van der Waals surface area contributed by atoms with Gasteiger partial charge in [0.2, 0.25) is 0 Å². The lowest BCUT2D eigenvalue weighted by molar-refractivity contribution is -0.297. The third-order valence-electron chi connectivity index (χ3n) is 8.58. The molecule has 6 atom stereocenters. The number of aliphatic hydroxyl groups excluding tert-OH is 3. The predicted octanol–water partition coefficient (Wildman–Crippen LogP) is 5.94.